The molecular weight excluding hydrogens is 336 g/mol. The van der Waals surface area contributed by atoms with Gasteiger partial charge in [-0.05, 0) is 11.1 Å². The topological polar surface area (TPSA) is 113 Å². The average Bonchev–Trinajstić information content (AvgIpc) is 3.09. The van der Waals surface area contributed by atoms with Crippen LogP contribution in [-0.4, -0.2) is 27.1 Å². The fourth-order valence-corrected chi connectivity index (χ4v) is 3.18. The summed E-state index contributed by atoms with van der Waals surface area (Å²) in [6.45, 7) is 0. The number of aromatic nitrogens is 2. The molecule has 0 aliphatic carbocycles. The number of amidine groups is 1. The number of rotatable bonds is 6. The summed E-state index contributed by atoms with van der Waals surface area (Å²) in [5.41, 5.74) is 9.20. The van der Waals surface area contributed by atoms with Crippen molar-refractivity contribution < 1.29 is 9.90 Å². The Labute approximate surface area is 148 Å². The van der Waals surface area contributed by atoms with Gasteiger partial charge in [-0.15, -0.1) is 10.2 Å². The van der Waals surface area contributed by atoms with E-state index in [0.29, 0.717) is 12.0 Å². The summed E-state index contributed by atoms with van der Waals surface area (Å²) in [6, 6.07) is 15.4. The number of benzene rings is 2. The molecule has 2 aromatic carbocycles. The van der Waals surface area contributed by atoms with Gasteiger partial charge in [-0.3, -0.25) is 10.2 Å². The van der Waals surface area contributed by atoms with E-state index in [-0.39, 0.29) is 12.3 Å². The fraction of sp³-hybridized carbons (Fsp3) is 0.111. The first kappa shape index (κ1) is 16.8. The quantitative estimate of drug-likeness (QED) is 0.466. The molecule has 0 bridgehead atoms. The van der Waals surface area contributed by atoms with Crippen LogP contribution in [0.15, 0.2) is 48.5 Å². The number of carboxylic acids is 1. The van der Waals surface area contributed by atoms with Gasteiger partial charge < -0.3 is 10.8 Å². The number of aryl methyl sites for hydroxylation is 1. The van der Waals surface area contributed by atoms with Gasteiger partial charge in [0.05, 0.1) is 6.42 Å². The van der Waals surface area contributed by atoms with E-state index in [1.165, 1.54) is 11.3 Å². The molecule has 0 saturated heterocycles. The molecule has 3 rings (SSSR count). The standard InChI is InChI=1S/C18H16N4O2S/c19-17(20)13-5-1-11(2-6-13)12-3-7-14(8-4-12)18-22-21-15(25-18)9-10-16(23)24/h1-8H,9-10H2,(H3,19,20)(H,23,24). The predicted molar refractivity (Wildman–Crippen MR) is 97.8 cm³/mol. The Morgan fingerprint density at radius 2 is 1.56 bits per heavy atom. The normalized spacial score (nSPS) is 10.6. The molecule has 0 fully saturated rings. The molecule has 7 heteroatoms. The minimum absolute atomic E-state index is 0.0527. The van der Waals surface area contributed by atoms with E-state index in [0.717, 1.165) is 26.7 Å². The number of hydrogen-bond acceptors (Lipinski definition) is 5. The molecule has 0 aliphatic heterocycles. The van der Waals surface area contributed by atoms with Crippen LogP contribution in [0.2, 0.25) is 0 Å². The third kappa shape index (κ3) is 4.07. The molecule has 0 unspecified atom stereocenters. The van der Waals surface area contributed by atoms with Crippen LogP contribution in [0.3, 0.4) is 0 Å². The van der Waals surface area contributed by atoms with Crippen molar-refractivity contribution in [3.63, 3.8) is 0 Å². The lowest BCUT2D eigenvalue weighted by Crippen LogP contribution is -2.10. The van der Waals surface area contributed by atoms with Crippen molar-refractivity contribution in [2.45, 2.75) is 12.8 Å². The summed E-state index contributed by atoms with van der Waals surface area (Å²) in [4.78, 5) is 10.6. The summed E-state index contributed by atoms with van der Waals surface area (Å²) in [7, 11) is 0. The van der Waals surface area contributed by atoms with Crippen LogP contribution in [0.4, 0.5) is 0 Å². The molecule has 25 heavy (non-hydrogen) atoms. The average molecular weight is 352 g/mol. The Balaban J connectivity index is 1.76. The number of nitrogens with one attached hydrogen (secondary N) is 1. The van der Waals surface area contributed by atoms with Crippen molar-refractivity contribution in [3.8, 4) is 21.7 Å². The highest BCUT2D eigenvalue weighted by molar-refractivity contribution is 7.14. The smallest absolute Gasteiger partial charge is 0.303 e. The molecule has 0 amide bonds. The minimum Gasteiger partial charge on any atom is -0.481 e. The fourth-order valence-electron chi connectivity index (χ4n) is 2.33. The lowest BCUT2D eigenvalue weighted by atomic mass is 10.0. The van der Waals surface area contributed by atoms with Crippen molar-refractivity contribution in [1.82, 2.24) is 10.2 Å². The van der Waals surface area contributed by atoms with Crippen LogP contribution in [0, 0.1) is 5.41 Å². The Bertz CT molecular complexity index is 902. The Kier molecular flexibility index (Phi) is 4.85. The number of nitrogens with zero attached hydrogens (tertiary/aromatic N) is 2. The Morgan fingerprint density at radius 1 is 1.00 bits per heavy atom. The van der Waals surface area contributed by atoms with Crippen molar-refractivity contribution in [1.29, 1.82) is 5.41 Å². The SMILES string of the molecule is N=C(N)c1ccc(-c2ccc(-c3nnc(CCC(=O)O)s3)cc2)cc1. The van der Waals surface area contributed by atoms with Crippen LogP contribution in [0.25, 0.3) is 21.7 Å². The summed E-state index contributed by atoms with van der Waals surface area (Å²) >= 11 is 1.41. The number of carbonyl (C=O) groups is 1. The highest BCUT2D eigenvalue weighted by Crippen LogP contribution is 2.27. The first-order chi connectivity index (χ1) is 12.0. The number of hydrogen-bond donors (Lipinski definition) is 3. The zero-order valence-corrected chi connectivity index (χ0v) is 14.1. The zero-order chi connectivity index (χ0) is 17.8. The molecule has 0 spiro atoms. The van der Waals surface area contributed by atoms with E-state index in [2.05, 4.69) is 10.2 Å². The Morgan fingerprint density at radius 3 is 2.12 bits per heavy atom. The molecule has 6 nitrogen and oxygen atoms in total. The van der Waals surface area contributed by atoms with Crippen LogP contribution in [0.1, 0.15) is 17.0 Å². The van der Waals surface area contributed by atoms with Crippen LogP contribution >= 0.6 is 11.3 Å². The van der Waals surface area contributed by atoms with E-state index in [1.54, 1.807) is 0 Å². The zero-order valence-electron chi connectivity index (χ0n) is 13.3. The van der Waals surface area contributed by atoms with Crippen LogP contribution in [0.5, 0.6) is 0 Å². The van der Waals surface area contributed by atoms with Gasteiger partial charge in [-0.2, -0.15) is 0 Å². The van der Waals surface area contributed by atoms with Gasteiger partial charge in [0.15, 0.2) is 0 Å². The van der Waals surface area contributed by atoms with E-state index in [9.17, 15) is 4.79 Å². The van der Waals surface area contributed by atoms with Crippen molar-refractivity contribution in [2.24, 2.45) is 5.73 Å². The lowest BCUT2D eigenvalue weighted by Gasteiger charge is -2.04. The molecule has 0 radical (unpaired) electrons. The van der Waals surface area contributed by atoms with Gasteiger partial charge in [0, 0.05) is 17.5 Å². The number of nitrogens with two attached hydrogens (primary N) is 1. The van der Waals surface area contributed by atoms with Gasteiger partial charge in [0.25, 0.3) is 0 Å². The summed E-state index contributed by atoms with van der Waals surface area (Å²) in [5.74, 6) is -0.784. The second-order valence-electron chi connectivity index (χ2n) is 5.46. The van der Waals surface area contributed by atoms with E-state index in [4.69, 9.17) is 16.2 Å². The van der Waals surface area contributed by atoms with Gasteiger partial charge in [-0.1, -0.05) is 59.9 Å². The molecule has 1 heterocycles. The predicted octanol–water partition coefficient (Wildman–Crippen LogP) is 3.17. The maximum atomic E-state index is 10.6. The highest BCUT2D eigenvalue weighted by Gasteiger charge is 2.09. The molecule has 0 atom stereocenters. The maximum Gasteiger partial charge on any atom is 0.303 e. The van der Waals surface area contributed by atoms with Crippen LogP contribution < -0.4 is 5.73 Å². The summed E-state index contributed by atoms with van der Waals surface area (Å²) < 4.78 is 0. The van der Waals surface area contributed by atoms with Gasteiger partial charge in [0.2, 0.25) is 0 Å². The lowest BCUT2D eigenvalue weighted by molar-refractivity contribution is -0.136. The molecule has 3 aromatic rings. The largest absolute Gasteiger partial charge is 0.481 e. The summed E-state index contributed by atoms with van der Waals surface area (Å²) in [6.07, 6.45) is 0.456. The summed E-state index contributed by atoms with van der Waals surface area (Å²) in [5, 5.41) is 25.8. The van der Waals surface area contributed by atoms with E-state index >= 15 is 0 Å². The first-order valence-electron chi connectivity index (χ1n) is 7.62. The third-order valence-electron chi connectivity index (χ3n) is 3.68. The van der Waals surface area contributed by atoms with Gasteiger partial charge in [-0.25, -0.2) is 0 Å². The maximum absolute atomic E-state index is 10.6. The highest BCUT2D eigenvalue weighted by atomic mass is 32.1. The second-order valence-corrected chi connectivity index (χ2v) is 6.53. The van der Waals surface area contributed by atoms with E-state index < -0.39 is 5.97 Å². The van der Waals surface area contributed by atoms with E-state index in [1.807, 2.05) is 48.5 Å². The molecule has 4 N–H and O–H groups in total. The number of nitrogen functional groups attached to an aromatic ring is 1. The van der Waals surface area contributed by atoms with Gasteiger partial charge in [0.1, 0.15) is 15.9 Å². The molecule has 126 valence electrons. The van der Waals surface area contributed by atoms with Crippen molar-refractivity contribution in [3.05, 3.63) is 59.1 Å². The molecule has 0 aliphatic rings. The van der Waals surface area contributed by atoms with Gasteiger partial charge >= 0.3 is 5.97 Å². The number of aliphatic carboxylic acids is 1. The monoisotopic (exact) mass is 352 g/mol. The minimum atomic E-state index is -0.836. The first-order valence-corrected chi connectivity index (χ1v) is 8.44. The second kappa shape index (κ2) is 7.23. The van der Waals surface area contributed by atoms with Crippen LogP contribution in [-0.2, 0) is 11.2 Å². The number of carboxylic acid groups (broad SMARTS) is 1. The Hall–Kier alpha value is -3.06. The third-order valence-corrected chi connectivity index (χ3v) is 4.71. The van der Waals surface area contributed by atoms with Crippen molar-refractivity contribution >= 4 is 23.1 Å². The molecule has 1 aromatic heterocycles. The van der Waals surface area contributed by atoms with Crippen molar-refractivity contribution in [2.75, 3.05) is 0 Å². The molecular formula is C18H16N4O2S. The molecule has 0 saturated carbocycles.